The molecule has 0 bridgehead atoms. The van der Waals surface area contributed by atoms with Gasteiger partial charge in [-0.3, -0.25) is 5.32 Å². The summed E-state index contributed by atoms with van der Waals surface area (Å²) in [6.07, 6.45) is 5.20. The van der Waals surface area contributed by atoms with Crippen LogP contribution >= 0.6 is 0 Å². The second kappa shape index (κ2) is 4.59. The Labute approximate surface area is 79.8 Å². The fourth-order valence-corrected chi connectivity index (χ4v) is 1.78. The Kier molecular flexibility index (Phi) is 3.71. The lowest BCUT2D eigenvalue weighted by Crippen LogP contribution is -2.44. The minimum Gasteiger partial charge on any atom is -0.389 e. The molecular formula is C10H18N2O. The minimum atomic E-state index is -0.552. The molecule has 13 heavy (non-hydrogen) atoms. The van der Waals surface area contributed by atoms with Crippen LogP contribution in [0, 0.1) is 11.3 Å². The van der Waals surface area contributed by atoms with Crippen molar-refractivity contribution >= 4 is 0 Å². The monoisotopic (exact) mass is 182 g/mol. The van der Waals surface area contributed by atoms with Crippen molar-refractivity contribution in [2.24, 2.45) is 0 Å². The van der Waals surface area contributed by atoms with E-state index in [1.807, 2.05) is 6.92 Å². The van der Waals surface area contributed by atoms with Gasteiger partial charge in [0.2, 0.25) is 0 Å². The highest BCUT2D eigenvalue weighted by Gasteiger charge is 2.28. The van der Waals surface area contributed by atoms with Gasteiger partial charge in [0.05, 0.1) is 17.7 Å². The lowest BCUT2D eigenvalue weighted by atomic mass is 9.85. The molecule has 0 saturated heterocycles. The maximum atomic E-state index is 10.0. The largest absolute Gasteiger partial charge is 0.389 e. The van der Waals surface area contributed by atoms with Crippen molar-refractivity contribution in [1.29, 1.82) is 5.26 Å². The molecule has 1 unspecified atom stereocenters. The van der Waals surface area contributed by atoms with Gasteiger partial charge in [-0.1, -0.05) is 19.3 Å². The first kappa shape index (κ1) is 10.5. The molecule has 1 saturated carbocycles. The Hall–Kier alpha value is -0.590. The van der Waals surface area contributed by atoms with Crippen LogP contribution in [0.1, 0.15) is 39.0 Å². The zero-order valence-corrected chi connectivity index (χ0v) is 8.21. The highest BCUT2D eigenvalue weighted by atomic mass is 16.3. The second-order valence-electron chi connectivity index (χ2n) is 4.02. The van der Waals surface area contributed by atoms with Gasteiger partial charge in [-0.25, -0.2) is 0 Å². The quantitative estimate of drug-likeness (QED) is 0.689. The van der Waals surface area contributed by atoms with E-state index in [0.29, 0.717) is 6.54 Å². The van der Waals surface area contributed by atoms with Gasteiger partial charge in [0, 0.05) is 6.54 Å². The average Bonchev–Trinajstić information content (AvgIpc) is 2.15. The van der Waals surface area contributed by atoms with E-state index in [1.165, 1.54) is 6.42 Å². The van der Waals surface area contributed by atoms with Crippen LogP contribution in [0.3, 0.4) is 0 Å². The molecule has 3 nitrogen and oxygen atoms in total. The summed E-state index contributed by atoms with van der Waals surface area (Å²) >= 11 is 0. The zero-order chi connectivity index (χ0) is 9.73. The topological polar surface area (TPSA) is 56.0 Å². The summed E-state index contributed by atoms with van der Waals surface area (Å²) in [5.41, 5.74) is -0.552. The summed E-state index contributed by atoms with van der Waals surface area (Å²) in [4.78, 5) is 0. The number of rotatable bonds is 3. The van der Waals surface area contributed by atoms with Crippen molar-refractivity contribution in [2.45, 2.75) is 50.7 Å². The van der Waals surface area contributed by atoms with Crippen LogP contribution in [0.5, 0.6) is 0 Å². The lowest BCUT2D eigenvalue weighted by Gasteiger charge is -2.32. The molecule has 0 amide bonds. The Balaban J connectivity index is 2.29. The van der Waals surface area contributed by atoms with E-state index in [1.54, 1.807) is 0 Å². The number of hydrogen-bond acceptors (Lipinski definition) is 3. The van der Waals surface area contributed by atoms with E-state index < -0.39 is 5.60 Å². The molecular weight excluding hydrogens is 164 g/mol. The molecule has 0 radical (unpaired) electrons. The van der Waals surface area contributed by atoms with Crippen LogP contribution in [-0.4, -0.2) is 23.3 Å². The lowest BCUT2D eigenvalue weighted by molar-refractivity contribution is 0.00416. The number of nitrogens with one attached hydrogen (secondary N) is 1. The Morgan fingerprint density at radius 3 is 2.62 bits per heavy atom. The van der Waals surface area contributed by atoms with Crippen LogP contribution in [0.4, 0.5) is 0 Å². The molecule has 1 atom stereocenters. The van der Waals surface area contributed by atoms with E-state index in [0.717, 1.165) is 25.7 Å². The van der Waals surface area contributed by atoms with Crippen molar-refractivity contribution in [3.8, 4) is 6.07 Å². The third-order valence-electron chi connectivity index (χ3n) is 2.72. The number of aliphatic hydroxyl groups is 1. The van der Waals surface area contributed by atoms with Crippen molar-refractivity contribution in [1.82, 2.24) is 5.32 Å². The first-order valence-electron chi connectivity index (χ1n) is 5.02. The first-order chi connectivity index (χ1) is 6.16. The molecule has 0 spiro atoms. The van der Waals surface area contributed by atoms with Gasteiger partial charge in [-0.05, 0) is 19.8 Å². The molecule has 0 aliphatic heterocycles. The van der Waals surface area contributed by atoms with Gasteiger partial charge in [-0.15, -0.1) is 0 Å². The Bertz CT molecular complexity index is 192. The molecule has 1 aliphatic rings. The first-order valence-corrected chi connectivity index (χ1v) is 5.02. The van der Waals surface area contributed by atoms with Crippen LogP contribution in [0.25, 0.3) is 0 Å². The van der Waals surface area contributed by atoms with E-state index in [-0.39, 0.29) is 6.04 Å². The molecule has 0 aromatic carbocycles. The summed E-state index contributed by atoms with van der Waals surface area (Å²) in [5, 5.41) is 21.6. The maximum Gasteiger partial charge on any atom is 0.0925 e. The third kappa shape index (κ3) is 3.33. The number of hydrogen-bond donors (Lipinski definition) is 2. The van der Waals surface area contributed by atoms with Gasteiger partial charge in [0.15, 0.2) is 0 Å². The predicted molar refractivity (Wildman–Crippen MR) is 51.1 cm³/mol. The Morgan fingerprint density at radius 2 is 2.08 bits per heavy atom. The summed E-state index contributed by atoms with van der Waals surface area (Å²) < 4.78 is 0. The fourth-order valence-electron chi connectivity index (χ4n) is 1.78. The van der Waals surface area contributed by atoms with Gasteiger partial charge < -0.3 is 5.11 Å². The van der Waals surface area contributed by atoms with Crippen LogP contribution in [0.15, 0.2) is 0 Å². The highest BCUT2D eigenvalue weighted by Crippen LogP contribution is 2.27. The summed E-state index contributed by atoms with van der Waals surface area (Å²) in [7, 11) is 0. The van der Waals surface area contributed by atoms with Crippen LogP contribution < -0.4 is 5.32 Å². The van der Waals surface area contributed by atoms with Crippen LogP contribution in [-0.2, 0) is 0 Å². The predicted octanol–water partition coefficient (Wildman–Crippen LogP) is 1.18. The SMILES string of the molecule is CC(C#N)NCC1(O)CCCCC1. The van der Waals surface area contributed by atoms with Crippen molar-refractivity contribution in [2.75, 3.05) is 6.54 Å². The molecule has 3 heteroatoms. The van der Waals surface area contributed by atoms with Crippen LogP contribution in [0.2, 0.25) is 0 Å². The van der Waals surface area contributed by atoms with Gasteiger partial charge in [0.25, 0.3) is 0 Å². The molecule has 74 valence electrons. The molecule has 0 aromatic heterocycles. The molecule has 1 fully saturated rings. The van der Waals surface area contributed by atoms with E-state index in [4.69, 9.17) is 5.26 Å². The minimum absolute atomic E-state index is 0.161. The molecule has 1 aliphatic carbocycles. The summed E-state index contributed by atoms with van der Waals surface area (Å²) in [6.45, 7) is 2.37. The summed E-state index contributed by atoms with van der Waals surface area (Å²) in [6, 6.07) is 1.94. The second-order valence-corrected chi connectivity index (χ2v) is 4.02. The van der Waals surface area contributed by atoms with Crippen molar-refractivity contribution < 1.29 is 5.11 Å². The van der Waals surface area contributed by atoms with Gasteiger partial charge in [0.1, 0.15) is 0 Å². The fraction of sp³-hybridized carbons (Fsp3) is 0.900. The van der Waals surface area contributed by atoms with Crippen molar-refractivity contribution in [3.63, 3.8) is 0 Å². The molecule has 0 aromatic rings. The molecule has 1 rings (SSSR count). The normalized spacial score (nSPS) is 23.5. The molecule has 0 heterocycles. The smallest absolute Gasteiger partial charge is 0.0925 e. The van der Waals surface area contributed by atoms with E-state index in [2.05, 4.69) is 11.4 Å². The summed E-state index contributed by atoms with van der Waals surface area (Å²) in [5.74, 6) is 0. The van der Waals surface area contributed by atoms with E-state index in [9.17, 15) is 5.11 Å². The standard InChI is InChI=1S/C10H18N2O/c1-9(7-11)12-8-10(13)5-3-2-4-6-10/h9,12-13H,2-6,8H2,1H3. The highest BCUT2D eigenvalue weighted by molar-refractivity contribution is 4.90. The average molecular weight is 182 g/mol. The number of nitrogens with zero attached hydrogens (tertiary/aromatic N) is 1. The molecule has 2 N–H and O–H groups in total. The number of nitriles is 1. The third-order valence-corrected chi connectivity index (χ3v) is 2.72. The van der Waals surface area contributed by atoms with Gasteiger partial charge in [-0.2, -0.15) is 5.26 Å². The van der Waals surface area contributed by atoms with Crippen molar-refractivity contribution in [3.05, 3.63) is 0 Å². The van der Waals surface area contributed by atoms with E-state index >= 15 is 0 Å². The Morgan fingerprint density at radius 1 is 1.46 bits per heavy atom. The maximum absolute atomic E-state index is 10.0. The zero-order valence-electron chi connectivity index (χ0n) is 8.21. The van der Waals surface area contributed by atoms with Gasteiger partial charge >= 0.3 is 0 Å².